The van der Waals surface area contributed by atoms with Gasteiger partial charge in [-0.1, -0.05) is 19.0 Å². The smallest absolute Gasteiger partial charge is 0.249 e. The van der Waals surface area contributed by atoms with Crippen molar-refractivity contribution in [3.63, 3.8) is 0 Å². The van der Waals surface area contributed by atoms with Crippen molar-refractivity contribution in [3.8, 4) is 0 Å². The third kappa shape index (κ3) is 3.38. The van der Waals surface area contributed by atoms with Crippen LogP contribution in [0, 0.1) is 0 Å². The van der Waals surface area contributed by atoms with Crippen molar-refractivity contribution >= 4 is 11.6 Å². The largest absolute Gasteiger partial charge is 0.393 e. The molecular formula is C18H26N6O2. The third-order valence-corrected chi connectivity index (χ3v) is 5.23. The molecule has 0 amide bonds. The molecule has 1 N–H and O–H groups in total. The summed E-state index contributed by atoms with van der Waals surface area (Å²) in [5.41, 5.74) is 0. The van der Waals surface area contributed by atoms with Crippen LogP contribution in [0.4, 0.5) is 11.6 Å². The maximum Gasteiger partial charge on any atom is 0.249 e. The standard InChI is InChI=1S/C18H26N6O2/c1-12(2)17-21-18(26-22-17)14-4-3-7-24(14)16-10-15(19-11-20-16)23-8-5-13(25)6-9-23/h10-14,25H,3-9H2,1-2H3/t14-/m0/s1. The quantitative estimate of drug-likeness (QED) is 0.890. The average Bonchev–Trinajstić information content (AvgIpc) is 3.31. The number of hydrogen-bond acceptors (Lipinski definition) is 8. The Labute approximate surface area is 153 Å². The van der Waals surface area contributed by atoms with E-state index >= 15 is 0 Å². The SMILES string of the molecule is CC(C)c1noc([C@@H]2CCCN2c2cc(N3CCC(O)CC3)ncn2)n1. The lowest BCUT2D eigenvalue weighted by Gasteiger charge is -2.31. The summed E-state index contributed by atoms with van der Waals surface area (Å²) in [6, 6.07) is 2.11. The molecule has 4 rings (SSSR count). The lowest BCUT2D eigenvalue weighted by atomic mass is 10.1. The maximum atomic E-state index is 9.71. The maximum absolute atomic E-state index is 9.71. The molecule has 2 aliphatic rings. The molecule has 0 bridgehead atoms. The molecule has 0 saturated carbocycles. The first-order valence-electron chi connectivity index (χ1n) is 9.47. The number of aromatic nitrogens is 4. The molecule has 2 fully saturated rings. The summed E-state index contributed by atoms with van der Waals surface area (Å²) in [5, 5.41) is 13.8. The molecule has 0 aliphatic carbocycles. The van der Waals surface area contributed by atoms with Crippen molar-refractivity contribution < 1.29 is 9.63 Å². The van der Waals surface area contributed by atoms with Crippen LogP contribution in [0.2, 0.25) is 0 Å². The monoisotopic (exact) mass is 358 g/mol. The number of anilines is 2. The second-order valence-corrected chi connectivity index (χ2v) is 7.45. The normalized spacial score (nSPS) is 21.8. The summed E-state index contributed by atoms with van der Waals surface area (Å²) in [6.07, 6.45) is 5.05. The average molecular weight is 358 g/mol. The van der Waals surface area contributed by atoms with E-state index < -0.39 is 0 Å². The van der Waals surface area contributed by atoms with Crippen molar-refractivity contribution in [2.45, 2.75) is 57.6 Å². The van der Waals surface area contributed by atoms with Gasteiger partial charge in [0.25, 0.3) is 0 Å². The highest BCUT2D eigenvalue weighted by Crippen LogP contribution is 2.35. The van der Waals surface area contributed by atoms with Crippen LogP contribution in [0.3, 0.4) is 0 Å². The minimum Gasteiger partial charge on any atom is -0.393 e. The molecule has 2 aromatic rings. The van der Waals surface area contributed by atoms with Crippen LogP contribution in [-0.4, -0.2) is 51.0 Å². The molecule has 8 heteroatoms. The first-order valence-corrected chi connectivity index (χ1v) is 9.47. The first-order chi connectivity index (χ1) is 12.6. The van der Waals surface area contributed by atoms with Crippen LogP contribution in [-0.2, 0) is 0 Å². The van der Waals surface area contributed by atoms with E-state index in [0.717, 1.165) is 62.8 Å². The van der Waals surface area contributed by atoms with Gasteiger partial charge in [-0.05, 0) is 25.7 Å². The number of nitrogens with zero attached hydrogens (tertiary/aromatic N) is 6. The van der Waals surface area contributed by atoms with Crippen molar-refractivity contribution in [2.24, 2.45) is 0 Å². The molecule has 1 atom stereocenters. The van der Waals surface area contributed by atoms with Gasteiger partial charge in [0.05, 0.1) is 6.10 Å². The van der Waals surface area contributed by atoms with E-state index in [1.165, 1.54) is 0 Å². The Hall–Kier alpha value is -2.22. The Morgan fingerprint density at radius 1 is 1.12 bits per heavy atom. The lowest BCUT2D eigenvalue weighted by molar-refractivity contribution is 0.145. The van der Waals surface area contributed by atoms with Gasteiger partial charge in [-0.3, -0.25) is 0 Å². The van der Waals surface area contributed by atoms with Crippen LogP contribution in [0.25, 0.3) is 0 Å². The fraction of sp³-hybridized carbons (Fsp3) is 0.667. The Balaban J connectivity index is 1.55. The van der Waals surface area contributed by atoms with Crippen molar-refractivity contribution in [2.75, 3.05) is 29.4 Å². The molecule has 2 aliphatic heterocycles. The minimum absolute atomic E-state index is 0.0703. The van der Waals surface area contributed by atoms with Crippen LogP contribution < -0.4 is 9.80 Å². The molecule has 2 aromatic heterocycles. The highest BCUT2D eigenvalue weighted by atomic mass is 16.5. The zero-order valence-corrected chi connectivity index (χ0v) is 15.4. The summed E-state index contributed by atoms with van der Waals surface area (Å²) in [4.78, 5) is 18.0. The lowest BCUT2D eigenvalue weighted by Crippen LogP contribution is -2.36. The Bertz CT molecular complexity index is 741. The van der Waals surface area contributed by atoms with E-state index in [9.17, 15) is 5.11 Å². The predicted molar refractivity (Wildman–Crippen MR) is 97.2 cm³/mol. The van der Waals surface area contributed by atoms with Crippen LogP contribution >= 0.6 is 0 Å². The number of hydrogen-bond donors (Lipinski definition) is 1. The number of piperidine rings is 1. The van der Waals surface area contributed by atoms with E-state index in [1.54, 1.807) is 6.33 Å². The Morgan fingerprint density at radius 2 is 1.88 bits per heavy atom. The zero-order chi connectivity index (χ0) is 18.1. The fourth-order valence-corrected chi connectivity index (χ4v) is 3.68. The van der Waals surface area contributed by atoms with Crippen molar-refractivity contribution in [1.82, 2.24) is 20.1 Å². The van der Waals surface area contributed by atoms with Crippen molar-refractivity contribution in [1.29, 1.82) is 0 Å². The van der Waals surface area contributed by atoms with Gasteiger partial charge < -0.3 is 19.4 Å². The second-order valence-electron chi connectivity index (χ2n) is 7.45. The molecular weight excluding hydrogens is 332 g/mol. The number of rotatable bonds is 4. The second kappa shape index (κ2) is 7.19. The van der Waals surface area contributed by atoms with E-state index in [0.29, 0.717) is 5.89 Å². The summed E-state index contributed by atoms with van der Waals surface area (Å²) >= 11 is 0. The number of aliphatic hydroxyl groups excluding tert-OH is 1. The molecule has 0 aromatic carbocycles. The first kappa shape index (κ1) is 17.2. The van der Waals surface area contributed by atoms with Gasteiger partial charge in [0.1, 0.15) is 24.0 Å². The van der Waals surface area contributed by atoms with Gasteiger partial charge in [0, 0.05) is 31.6 Å². The summed E-state index contributed by atoms with van der Waals surface area (Å²) in [6.45, 7) is 6.69. The minimum atomic E-state index is -0.191. The van der Waals surface area contributed by atoms with Crippen LogP contribution in [0.15, 0.2) is 16.9 Å². The molecule has 140 valence electrons. The Morgan fingerprint density at radius 3 is 2.62 bits per heavy atom. The van der Waals surface area contributed by atoms with Gasteiger partial charge in [-0.25, -0.2) is 9.97 Å². The topological polar surface area (TPSA) is 91.4 Å². The molecule has 0 spiro atoms. The van der Waals surface area contributed by atoms with E-state index in [1.807, 2.05) is 6.07 Å². The molecule has 8 nitrogen and oxygen atoms in total. The third-order valence-electron chi connectivity index (χ3n) is 5.23. The highest BCUT2D eigenvalue weighted by Gasteiger charge is 2.32. The van der Waals surface area contributed by atoms with Gasteiger partial charge >= 0.3 is 0 Å². The van der Waals surface area contributed by atoms with Gasteiger partial charge in [0.15, 0.2) is 5.82 Å². The van der Waals surface area contributed by atoms with E-state index in [2.05, 4.69) is 43.8 Å². The van der Waals surface area contributed by atoms with Crippen LogP contribution in [0.5, 0.6) is 0 Å². The molecule has 2 saturated heterocycles. The zero-order valence-electron chi connectivity index (χ0n) is 15.4. The summed E-state index contributed by atoms with van der Waals surface area (Å²) in [5.74, 6) is 3.49. The summed E-state index contributed by atoms with van der Waals surface area (Å²) < 4.78 is 5.54. The van der Waals surface area contributed by atoms with Crippen molar-refractivity contribution in [3.05, 3.63) is 24.1 Å². The predicted octanol–water partition coefficient (Wildman–Crippen LogP) is 2.29. The molecule has 26 heavy (non-hydrogen) atoms. The summed E-state index contributed by atoms with van der Waals surface area (Å²) in [7, 11) is 0. The fourth-order valence-electron chi connectivity index (χ4n) is 3.68. The van der Waals surface area contributed by atoms with Gasteiger partial charge in [-0.2, -0.15) is 4.98 Å². The van der Waals surface area contributed by atoms with E-state index in [4.69, 9.17) is 4.52 Å². The number of aliphatic hydroxyl groups is 1. The van der Waals surface area contributed by atoms with Gasteiger partial charge in [-0.15, -0.1) is 0 Å². The Kier molecular flexibility index (Phi) is 4.76. The van der Waals surface area contributed by atoms with E-state index in [-0.39, 0.29) is 18.1 Å². The molecule has 4 heterocycles. The van der Waals surface area contributed by atoms with Crippen LogP contribution in [0.1, 0.15) is 63.2 Å². The van der Waals surface area contributed by atoms with Gasteiger partial charge in [0.2, 0.25) is 5.89 Å². The highest BCUT2D eigenvalue weighted by molar-refractivity contribution is 5.51. The molecule has 0 radical (unpaired) electrons. The molecule has 0 unspecified atom stereocenters.